The van der Waals surface area contributed by atoms with Gasteiger partial charge in [-0.15, -0.1) is 0 Å². The summed E-state index contributed by atoms with van der Waals surface area (Å²) in [5.41, 5.74) is 7.55. The summed E-state index contributed by atoms with van der Waals surface area (Å²) in [5.74, 6) is 0.550. The van der Waals surface area contributed by atoms with Crippen molar-refractivity contribution < 1.29 is 0 Å². The molecule has 5 rings (SSSR count). The summed E-state index contributed by atoms with van der Waals surface area (Å²) in [7, 11) is 0. The Bertz CT molecular complexity index is 1190. The maximum Gasteiger partial charge on any atom is 0.00537 e. The summed E-state index contributed by atoms with van der Waals surface area (Å²) in [6.07, 6.45) is 1.10. The molecular weight excluding hydrogens is 312 g/mol. The average Bonchev–Trinajstić information content (AvgIpc) is 2.85. The fourth-order valence-corrected chi connectivity index (χ4v) is 4.94. The molecule has 0 nitrogen and oxygen atoms in total. The van der Waals surface area contributed by atoms with Gasteiger partial charge in [-0.2, -0.15) is 0 Å². The van der Waals surface area contributed by atoms with Crippen molar-refractivity contribution >= 4 is 32.3 Å². The molecule has 0 amide bonds. The number of hydrogen-bond donors (Lipinski definition) is 0. The lowest BCUT2D eigenvalue weighted by molar-refractivity contribution is 0.721. The van der Waals surface area contributed by atoms with E-state index in [2.05, 4.69) is 82.3 Å². The average molecular weight is 336 g/mol. The maximum absolute atomic E-state index is 2.35. The number of hydrogen-bond acceptors (Lipinski definition) is 0. The van der Waals surface area contributed by atoms with E-state index < -0.39 is 0 Å². The van der Waals surface area contributed by atoms with Gasteiger partial charge < -0.3 is 0 Å². The van der Waals surface area contributed by atoms with Gasteiger partial charge >= 0.3 is 0 Å². The lowest BCUT2D eigenvalue weighted by Gasteiger charge is -2.19. The Morgan fingerprint density at radius 2 is 1.15 bits per heavy atom. The van der Waals surface area contributed by atoms with Crippen LogP contribution in [-0.4, -0.2) is 0 Å². The molecule has 0 radical (unpaired) electrons. The van der Waals surface area contributed by atoms with Crippen LogP contribution in [0.15, 0.2) is 76.9 Å². The third-order valence-corrected chi connectivity index (χ3v) is 6.83. The SMILES string of the molecule is CC1=C(C)C(Cc2ccc3ccc4cccc5ccc2c3c45)C(C)=C1C. The van der Waals surface area contributed by atoms with Crippen molar-refractivity contribution in [2.75, 3.05) is 0 Å². The first-order valence-corrected chi connectivity index (χ1v) is 9.57. The molecule has 26 heavy (non-hydrogen) atoms. The van der Waals surface area contributed by atoms with Crippen LogP contribution < -0.4 is 0 Å². The van der Waals surface area contributed by atoms with E-state index in [-0.39, 0.29) is 0 Å². The van der Waals surface area contributed by atoms with E-state index in [1.54, 1.807) is 11.1 Å². The quantitative estimate of drug-likeness (QED) is 0.334. The molecule has 0 atom stereocenters. The van der Waals surface area contributed by atoms with Gasteiger partial charge in [-0.25, -0.2) is 0 Å². The van der Waals surface area contributed by atoms with Gasteiger partial charge in [0.1, 0.15) is 0 Å². The van der Waals surface area contributed by atoms with E-state index in [1.807, 2.05) is 0 Å². The molecular formula is C26H24. The second-order valence-electron chi connectivity index (χ2n) is 7.95. The summed E-state index contributed by atoms with van der Waals surface area (Å²) in [4.78, 5) is 0. The Labute approximate surface area is 155 Å². The van der Waals surface area contributed by atoms with Gasteiger partial charge in [0.05, 0.1) is 0 Å². The zero-order valence-corrected chi connectivity index (χ0v) is 16.0. The minimum atomic E-state index is 0.550. The Balaban J connectivity index is 1.75. The number of benzene rings is 4. The highest BCUT2D eigenvalue weighted by molar-refractivity contribution is 6.23. The molecule has 4 aromatic rings. The third-order valence-electron chi connectivity index (χ3n) is 6.83. The summed E-state index contributed by atoms with van der Waals surface area (Å²) >= 11 is 0. The van der Waals surface area contributed by atoms with Gasteiger partial charge in [0.15, 0.2) is 0 Å². The Hall–Kier alpha value is -2.60. The maximum atomic E-state index is 2.35. The van der Waals surface area contributed by atoms with Gasteiger partial charge in [0.2, 0.25) is 0 Å². The highest BCUT2D eigenvalue weighted by Crippen LogP contribution is 2.41. The lowest BCUT2D eigenvalue weighted by Crippen LogP contribution is -2.06. The fourth-order valence-electron chi connectivity index (χ4n) is 4.94. The fraction of sp³-hybridized carbons (Fsp3) is 0.231. The van der Waals surface area contributed by atoms with Crippen LogP contribution in [0.25, 0.3) is 32.3 Å². The molecule has 0 N–H and O–H groups in total. The Kier molecular flexibility index (Phi) is 3.28. The standard InChI is InChI=1S/C26H24/c1-15-16(2)18(4)24(17(15)3)14-22-11-10-21-9-8-19-6-5-7-20-12-13-23(22)26(21)25(19)20/h5-13,24H,14H2,1-4H3. The van der Waals surface area contributed by atoms with Crippen molar-refractivity contribution in [3.05, 3.63) is 82.5 Å². The second-order valence-corrected chi connectivity index (χ2v) is 7.95. The molecule has 0 saturated carbocycles. The van der Waals surface area contributed by atoms with Gasteiger partial charge in [0.25, 0.3) is 0 Å². The molecule has 0 unspecified atom stereocenters. The van der Waals surface area contributed by atoms with Crippen LogP contribution >= 0.6 is 0 Å². The van der Waals surface area contributed by atoms with Crippen molar-refractivity contribution in [3.63, 3.8) is 0 Å². The molecule has 0 bridgehead atoms. The van der Waals surface area contributed by atoms with Crippen LogP contribution in [0.3, 0.4) is 0 Å². The van der Waals surface area contributed by atoms with E-state index in [1.165, 1.54) is 49.0 Å². The molecule has 0 heterocycles. The first kappa shape index (κ1) is 15.6. The molecule has 4 aromatic carbocycles. The van der Waals surface area contributed by atoms with Crippen molar-refractivity contribution in [2.24, 2.45) is 5.92 Å². The topological polar surface area (TPSA) is 0 Å². The molecule has 1 aliphatic carbocycles. The van der Waals surface area contributed by atoms with E-state index in [0.29, 0.717) is 5.92 Å². The van der Waals surface area contributed by atoms with Gasteiger partial charge in [-0.05, 0) is 83.1 Å². The van der Waals surface area contributed by atoms with E-state index >= 15 is 0 Å². The summed E-state index contributed by atoms with van der Waals surface area (Å²) < 4.78 is 0. The number of allylic oxidation sites excluding steroid dienone is 4. The normalized spacial score (nSPS) is 16.2. The third kappa shape index (κ3) is 2.02. The van der Waals surface area contributed by atoms with Crippen LogP contribution in [0.1, 0.15) is 33.3 Å². The van der Waals surface area contributed by atoms with Gasteiger partial charge in [-0.3, -0.25) is 0 Å². The predicted octanol–water partition coefficient (Wildman–Crippen LogP) is 7.43. The van der Waals surface area contributed by atoms with Crippen molar-refractivity contribution in [1.82, 2.24) is 0 Å². The van der Waals surface area contributed by atoms with Crippen molar-refractivity contribution in [3.8, 4) is 0 Å². The van der Waals surface area contributed by atoms with Crippen LogP contribution in [-0.2, 0) is 6.42 Å². The number of rotatable bonds is 2. The van der Waals surface area contributed by atoms with E-state index in [9.17, 15) is 0 Å². The zero-order valence-electron chi connectivity index (χ0n) is 16.0. The van der Waals surface area contributed by atoms with Crippen molar-refractivity contribution in [2.45, 2.75) is 34.1 Å². The largest absolute Gasteiger partial charge is 0.0626 e. The molecule has 0 heteroatoms. The van der Waals surface area contributed by atoms with E-state index in [4.69, 9.17) is 0 Å². The molecule has 1 aliphatic rings. The van der Waals surface area contributed by atoms with Gasteiger partial charge in [0, 0.05) is 5.92 Å². The van der Waals surface area contributed by atoms with Crippen LogP contribution in [0.5, 0.6) is 0 Å². The molecule has 128 valence electrons. The Morgan fingerprint density at radius 3 is 1.81 bits per heavy atom. The molecule has 0 saturated heterocycles. The highest BCUT2D eigenvalue weighted by Gasteiger charge is 2.25. The van der Waals surface area contributed by atoms with E-state index in [0.717, 1.165) is 6.42 Å². The van der Waals surface area contributed by atoms with Crippen LogP contribution in [0, 0.1) is 5.92 Å². The zero-order chi connectivity index (χ0) is 18.0. The molecule has 0 aromatic heterocycles. The first-order valence-electron chi connectivity index (χ1n) is 9.57. The molecule has 0 spiro atoms. The van der Waals surface area contributed by atoms with Crippen LogP contribution in [0.2, 0.25) is 0 Å². The second kappa shape index (κ2) is 5.45. The summed E-state index contributed by atoms with van der Waals surface area (Å²) in [6, 6.07) is 20.5. The minimum absolute atomic E-state index is 0.550. The summed E-state index contributed by atoms with van der Waals surface area (Å²) in [5, 5.41) is 8.33. The minimum Gasteiger partial charge on any atom is -0.0626 e. The Morgan fingerprint density at radius 1 is 0.615 bits per heavy atom. The molecule has 0 aliphatic heterocycles. The highest BCUT2D eigenvalue weighted by atomic mass is 14.3. The summed E-state index contributed by atoms with van der Waals surface area (Å²) in [6.45, 7) is 9.18. The van der Waals surface area contributed by atoms with Crippen LogP contribution in [0.4, 0.5) is 0 Å². The predicted molar refractivity (Wildman–Crippen MR) is 114 cm³/mol. The first-order chi connectivity index (χ1) is 12.6. The monoisotopic (exact) mass is 336 g/mol. The van der Waals surface area contributed by atoms with Crippen molar-refractivity contribution in [1.29, 1.82) is 0 Å². The lowest BCUT2D eigenvalue weighted by atomic mass is 9.85. The smallest absolute Gasteiger partial charge is 0.00537 e. The van der Waals surface area contributed by atoms with Gasteiger partial charge in [-0.1, -0.05) is 65.7 Å². The molecule has 0 fully saturated rings.